The van der Waals surface area contributed by atoms with Gasteiger partial charge in [-0.1, -0.05) is 36.4 Å². The van der Waals surface area contributed by atoms with E-state index in [2.05, 4.69) is 15.6 Å². The summed E-state index contributed by atoms with van der Waals surface area (Å²) in [5.41, 5.74) is 3.14. The zero-order chi connectivity index (χ0) is 18.1. The molecule has 4 rings (SSSR count). The van der Waals surface area contributed by atoms with Gasteiger partial charge in [-0.15, -0.1) is 0 Å². The summed E-state index contributed by atoms with van der Waals surface area (Å²) >= 11 is 0. The van der Waals surface area contributed by atoms with Gasteiger partial charge in [0.05, 0.1) is 0 Å². The summed E-state index contributed by atoms with van der Waals surface area (Å²) in [5.74, 6) is 0.525. The van der Waals surface area contributed by atoms with Gasteiger partial charge in [0, 0.05) is 23.7 Å². The number of amides is 1. The Morgan fingerprint density at radius 2 is 1.88 bits per heavy atom. The minimum absolute atomic E-state index is 0.0993. The number of carbonyl (C=O) groups is 1. The number of benzene rings is 3. The van der Waals surface area contributed by atoms with Crippen LogP contribution in [0.5, 0.6) is 0 Å². The molecule has 0 radical (unpaired) electrons. The Kier molecular flexibility index (Phi) is 4.05. The van der Waals surface area contributed by atoms with Crippen LogP contribution in [0.15, 0.2) is 65.1 Å². The monoisotopic (exact) mass is 345 g/mol. The second-order valence-electron chi connectivity index (χ2n) is 6.30. The number of nitrogens with one attached hydrogen (secondary N) is 2. The molecule has 5 heteroatoms. The molecule has 0 aliphatic rings. The highest BCUT2D eigenvalue weighted by Gasteiger charge is 2.14. The van der Waals surface area contributed by atoms with Crippen LogP contribution >= 0.6 is 0 Å². The second kappa shape index (κ2) is 6.52. The standard InChI is InChI=1S/C21H19N3O2/c1-13(22-16-10-11-20-19(12-16)23-14(2)26-20)21(25)24-18-9-5-7-15-6-3-4-8-17(15)18/h3-13,22H,1-2H3,(H,24,25). The molecular weight excluding hydrogens is 326 g/mol. The highest BCUT2D eigenvalue weighted by Crippen LogP contribution is 2.24. The van der Waals surface area contributed by atoms with E-state index >= 15 is 0 Å². The highest BCUT2D eigenvalue weighted by molar-refractivity contribution is 6.04. The number of carbonyl (C=O) groups excluding carboxylic acids is 1. The molecule has 3 aromatic carbocycles. The molecule has 5 nitrogen and oxygen atoms in total. The molecule has 1 amide bonds. The first-order valence-corrected chi connectivity index (χ1v) is 8.52. The Hall–Kier alpha value is -3.34. The van der Waals surface area contributed by atoms with Crippen LogP contribution in [0, 0.1) is 6.92 Å². The highest BCUT2D eigenvalue weighted by atomic mass is 16.3. The lowest BCUT2D eigenvalue weighted by Crippen LogP contribution is -2.31. The lowest BCUT2D eigenvalue weighted by atomic mass is 10.1. The van der Waals surface area contributed by atoms with Crippen molar-refractivity contribution in [2.24, 2.45) is 0 Å². The average Bonchev–Trinajstić information content (AvgIpc) is 3.01. The van der Waals surface area contributed by atoms with Crippen molar-refractivity contribution in [2.75, 3.05) is 10.6 Å². The molecule has 130 valence electrons. The van der Waals surface area contributed by atoms with Gasteiger partial charge >= 0.3 is 0 Å². The first-order chi connectivity index (χ1) is 12.6. The van der Waals surface area contributed by atoms with Gasteiger partial charge < -0.3 is 15.1 Å². The third-order valence-corrected chi connectivity index (χ3v) is 4.32. The van der Waals surface area contributed by atoms with E-state index in [-0.39, 0.29) is 5.91 Å². The zero-order valence-corrected chi connectivity index (χ0v) is 14.6. The quantitative estimate of drug-likeness (QED) is 0.561. The lowest BCUT2D eigenvalue weighted by molar-refractivity contribution is -0.116. The Morgan fingerprint density at radius 1 is 1.08 bits per heavy atom. The number of hydrogen-bond donors (Lipinski definition) is 2. The van der Waals surface area contributed by atoms with E-state index < -0.39 is 6.04 Å². The summed E-state index contributed by atoms with van der Waals surface area (Å²) in [6.45, 7) is 3.64. The minimum Gasteiger partial charge on any atom is -0.441 e. The third-order valence-electron chi connectivity index (χ3n) is 4.32. The predicted octanol–water partition coefficient (Wildman–Crippen LogP) is 4.73. The molecule has 1 heterocycles. The van der Waals surface area contributed by atoms with E-state index in [4.69, 9.17) is 4.42 Å². The molecule has 2 N–H and O–H groups in total. The topological polar surface area (TPSA) is 67.2 Å². The van der Waals surface area contributed by atoms with Gasteiger partial charge in [-0.3, -0.25) is 4.79 Å². The van der Waals surface area contributed by atoms with Crippen LogP contribution in [0.4, 0.5) is 11.4 Å². The molecule has 4 aromatic rings. The number of rotatable bonds is 4. The van der Waals surface area contributed by atoms with Gasteiger partial charge in [-0.25, -0.2) is 4.98 Å². The molecule has 0 bridgehead atoms. The van der Waals surface area contributed by atoms with Gasteiger partial charge in [-0.2, -0.15) is 0 Å². The maximum Gasteiger partial charge on any atom is 0.246 e. The Bertz CT molecular complexity index is 1100. The SMILES string of the molecule is Cc1nc2cc(NC(C)C(=O)Nc3cccc4ccccc34)ccc2o1. The molecular formula is C21H19N3O2. The van der Waals surface area contributed by atoms with Crippen LogP contribution in [0.25, 0.3) is 21.9 Å². The summed E-state index contributed by atoms with van der Waals surface area (Å²) < 4.78 is 5.48. The number of oxazole rings is 1. The summed E-state index contributed by atoms with van der Waals surface area (Å²) in [4.78, 5) is 16.9. The van der Waals surface area contributed by atoms with Crippen LogP contribution in [0.1, 0.15) is 12.8 Å². The normalized spacial score (nSPS) is 12.2. The summed E-state index contributed by atoms with van der Waals surface area (Å²) in [6.07, 6.45) is 0. The van der Waals surface area contributed by atoms with Crippen LogP contribution in [-0.4, -0.2) is 16.9 Å². The lowest BCUT2D eigenvalue weighted by Gasteiger charge is -2.16. The van der Waals surface area contributed by atoms with E-state index in [1.807, 2.05) is 74.5 Å². The second-order valence-corrected chi connectivity index (χ2v) is 6.30. The van der Waals surface area contributed by atoms with Crippen LogP contribution in [0.3, 0.4) is 0 Å². The number of anilines is 2. The van der Waals surface area contributed by atoms with Crippen LogP contribution in [0.2, 0.25) is 0 Å². The molecule has 0 fully saturated rings. The van der Waals surface area contributed by atoms with Crippen molar-refractivity contribution in [1.29, 1.82) is 0 Å². The molecule has 0 spiro atoms. The largest absolute Gasteiger partial charge is 0.441 e. The number of aromatic nitrogens is 1. The van der Waals surface area contributed by atoms with Gasteiger partial charge in [-0.05, 0) is 36.6 Å². The number of nitrogens with zero attached hydrogens (tertiary/aromatic N) is 1. The van der Waals surface area contributed by atoms with Gasteiger partial charge in [0.2, 0.25) is 5.91 Å². The van der Waals surface area contributed by atoms with Crippen molar-refractivity contribution in [3.8, 4) is 0 Å². The van der Waals surface area contributed by atoms with E-state index in [0.29, 0.717) is 5.89 Å². The molecule has 1 aromatic heterocycles. The van der Waals surface area contributed by atoms with E-state index in [1.54, 1.807) is 0 Å². The van der Waals surface area contributed by atoms with Crippen molar-refractivity contribution in [2.45, 2.75) is 19.9 Å². The first kappa shape index (κ1) is 16.1. The molecule has 0 aliphatic heterocycles. The Labute approximate surface area is 151 Å². The first-order valence-electron chi connectivity index (χ1n) is 8.52. The maximum atomic E-state index is 12.6. The molecule has 1 atom stereocenters. The fourth-order valence-corrected chi connectivity index (χ4v) is 3.02. The van der Waals surface area contributed by atoms with Crippen molar-refractivity contribution in [3.05, 3.63) is 66.6 Å². The summed E-state index contributed by atoms with van der Waals surface area (Å²) in [5, 5.41) is 8.35. The maximum absolute atomic E-state index is 12.6. The predicted molar refractivity (Wildman–Crippen MR) is 104 cm³/mol. The van der Waals surface area contributed by atoms with Crippen molar-refractivity contribution in [1.82, 2.24) is 4.98 Å². The fourth-order valence-electron chi connectivity index (χ4n) is 3.02. The van der Waals surface area contributed by atoms with Crippen LogP contribution in [-0.2, 0) is 4.79 Å². The zero-order valence-electron chi connectivity index (χ0n) is 14.6. The van der Waals surface area contributed by atoms with Gasteiger partial charge in [0.25, 0.3) is 0 Å². The Balaban J connectivity index is 1.51. The molecule has 0 saturated heterocycles. The molecule has 1 unspecified atom stereocenters. The van der Waals surface area contributed by atoms with Crippen molar-refractivity contribution < 1.29 is 9.21 Å². The van der Waals surface area contributed by atoms with Crippen LogP contribution < -0.4 is 10.6 Å². The fraction of sp³-hybridized carbons (Fsp3) is 0.143. The third kappa shape index (κ3) is 3.11. The van der Waals surface area contributed by atoms with E-state index in [9.17, 15) is 4.79 Å². The molecule has 26 heavy (non-hydrogen) atoms. The molecule has 0 saturated carbocycles. The smallest absolute Gasteiger partial charge is 0.246 e. The summed E-state index contributed by atoms with van der Waals surface area (Å²) in [7, 11) is 0. The van der Waals surface area contributed by atoms with Crippen molar-refractivity contribution >= 4 is 39.2 Å². The molecule has 0 aliphatic carbocycles. The van der Waals surface area contributed by atoms with Crippen molar-refractivity contribution in [3.63, 3.8) is 0 Å². The summed E-state index contributed by atoms with van der Waals surface area (Å²) in [6, 6.07) is 19.1. The average molecular weight is 345 g/mol. The number of fused-ring (bicyclic) bond motifs is 2. The number of aryl methyl sites for hydroxylation is 1. The van der Waals surface area contributed by atoms with Gasteiger partial charge in [0.1, 0.15) is 11.6 Å². The van der Waals surface area contributed by atoms with E-state index in [1.165, 1.54) is 0 Å². The number of hydrogen-bond acceptors (Lipinski definition) is 4. The Morgan fingerprint density at radius 3 is 2.77 bits per heavy atom. The minimum atomic E-state index is -0.403. The van der Waals surface area contributed by atoms with Gasteiger partial charge in [0.15, 0.2) is 11.5 Å². The van der Waals surface area contributed by atoms with E-state index in [0.717, 1.165) is 33.2 Å².